The summed E-state index contributed by atoms with van der Waals surface area (Å²) in [6.07, 6.45) is 1.88. The lowest BCUT2D eigenvalue weighted by atomic mass is 10.2. The second kappa shape index (κ2) is 6.10. The number of rotatable bonds is 6. The van der Waals surface area contributed by atoms with Gasteiger partial charge in [0.1, 0.15) is 6.10 Å². The number of anilines is 1. The highest BCUT2D eigenvalue weighted by atomic mass is 16.5. The number of aromatic amines is 1. The van der Waals surface area contributed by atoms with Crippen LogP contribution in [0.2, 0.25) is 0 Å². The van der Waals surface area contributed by atoms with Crippen molar-refractivity contribution in [2.45, 2.75) is 38.4 Å². The maximum Gasteiger partial charge on any atom is 0.254 e. The number of ether oxygens (including phenoxy) is 1. The van der Waals surface area contributed by atoms with E-state index in [0.717, 1.165) is 11.3 Å². The van der Waals surface area contributed by atoms with Crippen LogP contribution in [0.3, 0.4) is 0 Å². The third-order valence-electron chi connectivity index (χ3n) is 3.58. The Morgan fingerprint density at radius 1 is 1.43 bits per heavy atom. The van der Waals surface area contributed by atoms with Crippen LogP contribution < -0.4 is 5.32 Å². The van der Waals surface area contributed by atoms with Crippen molar-refractivity contribution in [3.8, 4) is 0 Å². The van der Waals surface area contributed by atoms with Crippen LogP contribution in [0.25, 0.3) is 0 Å². The second-order valence-electron chi connectivity index (χ2n) is 5.41. The van der Waals surface area contributed by atoms with Crippen LogP contribution in [0.15, 0.2) is 36.4 Å². The van der Waals surface area contributed by atoms with Gasteiger partial charge >= 0.3 is 0 Å². The van der Waals surface area contributed by atoms with Gasteiger partial charge in [0.25, 0.3) is 5.91 Å². The lowest BCUT2D eigenvalue weighted by Crippen LogP contribution is -2.27. The van der Waals surface area contributed by atoms with Crippen LogP contribution in [0.1, 0.15) is 36.9 Å². The molecule has 0 spiro atoms. The molecule has 1 aliphatic carbocycles. The van der Waals surface area contributed by atoms with Crippen molar-refractivity contribution in [2.75, 3.05) is 5.32 Å². The average molecular weight is 285 g/mol. The molecule has 1 fully saturated rings. The number of carbonyl (C=O) groups is 1. The molecule has 0 saturated heterocycles. The second-order valence-corrected chi connectivity index (χ2v) is 5.41. The number of nitrogens with zero attached hydrogens (tertiary/aromatic N) is 1. The molecule has 0 aliphatic heterocycles. The summed E-state index contributed by atoms with van der Waals surface area (Å²) in [6, 6.07) is 11.7. The normalized spacial score (nSPS) is 15.7. The molecule has 21 heavy (non-hydrogen) atoms. The fraction of sp³-hybridized carbons (Fsp3) is 0.375. The summed E-state index contributed by atoms with van der Waals surface area (Å²) in [6.45, 7) is 2.16. The monoisotopic (exact) mass is 285 g/mol. The van der Waals surface area contributed by atoms with Gasteiger partial charge in [0.05, 0.1) is 6.61 Å². The molecule has 1 heterocycles. The van der Waals surface area contributed by atoms with Crippen molar-refractivity contribution in [1.82, 2.24) is 10.2 Å². The maximum absolute atomic E-state index is 12.0. The van der Waals surface area contributed by atoms with E-state index in [1.807, 2.05) is 36.4 Å². The summed E-state index contributed by atoms with van der Waals surface area (Å²) in [7, 11) is 0. The Labute approximate surface area is 123 Å². The number of H-pyrrole nitrogens is 1. The van der Waals surface area contributed by atoms with Crippen molar-refractivity contribution >= 4 is 11.7 Å². The van der Waals surface area contributed by atoms with Crippen molar-refractivity contribution in [1.29, 1.82) is 0 Å². The van der Waals surface area contributed by atoms with Crippen molar-refractivity contribution in [3.05, 3.63) is 47.7 Å². The maximum atomic E-state index is 12.0. The molecule has 5 nitrogen and oxygen atoms in total. The molecule has 2 aromatic rings. The van der Waals surface area contributed by atoms with E-state index in [4.69, 9.17) is 4.74 Å². The summed E-state index contributed by atoms with van der Waals surface area (Å²) < 4.78 is 5.58. The molecular formula is C16H19N3O2. The Balaban J connectivity index is 1.49. The Kier molecular flexibility index (Phi) is 4.01. The summed E-state index contributed by atoms with van der Waals surface area (Å²) in [5, 5.41) is 9.84. The molecule has 1 saturated carbocycles. The molecule has 5 heteroatoms. The van der Waals surface area contributed by atoms with Crippen LogP contribution in [0.4, 0.5) is 5.82 Å². The smallest absolute Gasteiger partial charge is 0.254 e. The Hall–Kier alpha value is -2.14. The quantitative estimate of drug-likeness (QED) is 0.857. The van der Waals surface area contributed by atoms with E-state index in [1.165, 1.54) is 12.8 Å². The zero-order valence-electron chi connectivity index (χ0n) is 12.0. The van der Waals surface area contributed by atoms with Gasteiger partial charge in [-0.2, -0.15) is 5.10 Å². The molecule has 110 valence electrons. The molecule has 1 aromatic carbocycles. The van der Waals surface area contributed by atoms with E-state index < -0.39 is 6.10 Å². The number of hydrogen-bond acceptors (Lipinski definition) is 3. The highest BCUT2D eigenvalue weighted by molar-refractivity contribution is 5.93. The minimum atomic E-state index is -0.522. The Bertz CT molecular complexity index is 605. The van der Waals surface area contributed by atoms with E-state index >= 15 is 0 Å². The highest BCUT2D eigenvalue weighted by Gasteiger charge is 2.26. The first-order valence-electron chi connectivity index (χ1n) is 7.24. The van der Waals surface area contributed by atoms with Crippen LogP contribution in [-0.2, 0) is 16.1 Å². The molecule has 2 N–H and O–H groups in total. The summed E-state index contributed by atoms with van der Waals surface area (Å²) >= 11 is 0. The molecule has 1 amide bonds. The minimum Gasteiger partial charge on any atom is -0.364 e. The molecule has 3 rings (SSSR count). The van der Waals surface area contributed by atoms with Gasteiger partial charge in [0.2, 0.25) is 0 Å². The predicted molar refractivity (Wildman–Crippen MR) is 79.9 cm³/mol. The first-order chi connectivity index (χ1) is 10.2. The molecule has 0 radical (unpaired) electrons. The first-order valence-corrected chi connectivity index (χ1v) is 7.24. The number of benzene rings is 1. The van der Waals surface area contributed by atoms with Crippen LogP contribution in [0, 0.1) is 0 Å². The van der Waals surface area contributed by atoms with E-state index in [1.54, 1.807) is 6.92 Å². The van der Waals surface area contributed by atoms with Gasteiger partial charge in [-0.3, -0.25) is 9.89 Å². The average Bonchev–Trinajstić information content (AvgIpc) is 3.26. The van der Waals surface area contributed by atoms with Crippen LogP contribution in [-0.4, -0.2) is 22.2 Å². The third-order valence-corrected chi connectivity index (χ3v) is 3.58. The molecule has 1 atom stereocenters. The zero-order chi connectivity index (χ0) is 14.7. The van der Waals surface area contributed by atoms with Gasteiger partial charge in [-0.25, -0.2) is 0 Å². The molecule has 1 aromatic heterocycles. The van der Waals surface area contributed by atoms with Gasteiger partial charge < -0.3 is 10.1 Å². The van der Waals surface area contributed by atoms with Gasteiger partial charge in [-0.1, -0.05) is 30.3 Å². The number of carbonyl (C=O) groups excluding carboxylic acids is 1. The summed E-state index contributed by atoms with van der Waals surface area (Å²) in [5.41, 5.74) is 2.15. The molecule has 1 aliphatic rings. The van der Waals surface area contributed by atoms with Gasteiger partial charge in [-0.15, -0.1) is 0 Å². The van der Waals surface area contributed by atoms with E-state index in [9.17, 15) is 4.79 Å². The van der Waals surface area contributed by atoms with E-state index in [0.29, 0.717) is 18.3 Å². The summed E-state index contributed by atoms with van der Waals surface area (Å²) in [4.78, 5) is 12.0. The highest BCUT2D eigenvalue weighted by Crippen LogP contribution is 2.39. The van der Waals surface area contributed by atoms with Crippen LogP contribution >= 0.6 is 0 Å². The fourth-order valence-corrected chi connectivity index (χ4v) is 2.10. The van der Waals surface area contributed by atoms with Gasteiger partial charge in [0.15, 0.2) is 5.82 Å². The van der Waals surface area contributed by atoms with Crippen molar-refractivity contribution in [2.24, 2.45) is 0 Å². The third kappa shape index (κ3) is 3.70. The van der Waals surface area contributed by atoms with Crippen molar-refractivity contribution in [3.63, 3.8) is 0 Å². The largest absolute Gasteiger partial charge is 0.364 e. The predicted octanol–water partition coefficient (Wildman–Crippen LogP) is 2.83. The molecule has 0 bridgehead atoms. The van der Waals surface area contributed by atoms with Gasteiger partial charge in [0, 0.05) is 17.7 Å². The van der Waals surface area contributed by atoms with Crippen molar-refractivity contribution < 1.29 is 9.53 Å². The number of aromatic nitrogens is 2. The van der Waals surface area contributed by atoms with E-state index in [2.05, 4.69) is 15.5 Å². The SMILES string of the molecule is C[C@@H](OCc1ccccc1)C(=O)Nc1cc(C2CC2)[nH]n1. The number of nitrogens with one attached hydrogen (secondary N) is 2. The standard InChI is InChI=1S/C16H19N3O2/c1-11(21-10-12-5-3-2-4-6-12)16(20)17-15-9-14(18-19-15)13-7-8-13/h2-6,9,11,13H,7-8,10H2,1H3,(H2,17,18,19,20)/t11-/m1/s1. The first kappa shape index (κ1) is 13.8. The Morgan fingerprint density at radius 3 is 2.90 bits per heavy atom. The lowest BCUT2D eigenvalue weighted by molar-refractivity contribution is -0.127. The lowest BCUT2D eigenvalue weighted by Gasteiger charge is -2.12. The fourth-order valence-electron chi connectivity index (χ4n) is 2.10. The number of amides is 1. The molecular weight excluding hydrogens is 266 g/mol. The topological polar surface area (TPSA) is 67.0 Å². The number of hydrogen-bond donors (Lipinski definition) is 2. The van der Waals surface area contributed by atoms with Gasteiger partial charge in [-0.05, 0) is 25.3 Å². The van der Waals surface area contributed by atoms with Crippen LogP contribution in [0.5, 0.6) is 0 Å². The molecule has 0 unspecified atom stereocenters. The minimum absolute atomic E-state index is 0.181. The summed E-state index contributed by atoms with van der Waals surface area (Å²) in [5.74, 6) is 0.978. The zero-order valence-corrected chi connectivity index (χ0v) is 12.0. The Morgan fingerprint density at radius 2 is 2.19 bits per heavy atom. The van der Waals surface area contributed by atoms with E-state index in [-0.39, 0.29) is 5.91 Å².